The van der Waals surface area contributed by atoms with E-state index in [9.17, 15) is 22.8 Å². The van der Waals surface area contributed by atoms with Crippen LogP contribution in [0.3, 0.4) is 0 Å². The van der Waals surface area contributed by atoms with Crippen molar-refractivity contribution in [2.45, 2.75) is 32.0 Å². The molecule has 0 aromatic heterocycles. The molecule has 172 valence electrons. The van der Waals surface area contributed by atoms with E-state index in [1.165, 1.54) is 0 Å². The van der Waals surface area contributed by atoms with Gasteiger partial charge in [-0.05, 0) is 68.3 Å². The van der Waals surface area contributed by atoms with E-state index in [2.05, 4.69) is 5.32 Å². The summed E-state index contributed by atoms with van der Waals surface area (Å²) >= 11 is 0. The predicted molar refractivity (Wildman–Crippen MR) is 112 cm³/mol. The lowest BCUT2D eigenvalue weighted by Gasteiger charge is -2.32. The highest BCUT2D eigenvalue weighted by atomic mass is 19.4. The summed E-state index contributed by atoms with van der Waals surface area (Å²) in [5.41, 5.74) is -0.631. The maximum atomic E-state index is 12.6. The van der Waals surface area contributed by atoms with Crippen LogP contribution in [0.4, 0.5) is 13.2 Å². The second-order valence-electron chi connectivity index (χ2n) is 7.40. The Morgan fingerprint density at radius 2 is 1.53 bits per heavy atom. The van der Waals surface area contributed by atoms with Gasteiger partial charge in [0.05, 0.1) is 12.2 Å². The van der Waals surface area contributed by atoms with Gasteiger partial charge in [0.2, 0.25) is 0 Å². The summed E-state index contributed by atoms with van der Waals surface area (Å²) < 4.78 is 48.8. The summed E-state index contributed by atoms with van der Waals surface area (Å²) in [5, 5.41) is 2.83. The third-order valence-electron chi connectivity index (χ3n) is 5.15. The molecule has 1 aliphatic heterocycles. The number of nitrogens with zero attached hydrogens (tertiary/aromatic N) is 1. The van der Waals surface area contributed by atoms with Gasteiger partial charge in [-0.1, -0.05) is 0 Å². The normalized spacial score (nSPS) is 14.7. The number of halogens is 3. The monoisotopic (exact) mass is 450 g/mol. The molecule has 9 heteroatoms. The molecule has 0 saturated carbocycles. The van der Waals surface area contributed by atoms with Gasteiger partial charge in [0.25, 0.3) is 11.8 Å². The lowest BCUT2D eigenvalue weighted by molar-refractivity contribution is -0.137. The lowest BCUT2D eigenvalue weighted by atomic mass is 10.0. The zero-order chi connectivity index (χ0) is 23.1. The van der Waals surface area contributed by atoms with Crippen molar-refractivity contribution >= 4 is 11.8 Å². The van der Waals surface area contributed by atoms with Crippen LogP contribution >= 0.6 is 0 Å². The average molecular weight is 450 g/mol. The Morgan fingerprint density at radius 1 is 0.969 bits per heavy atom. The highest BCUT2D eigenvalue weighted by Crippen LogP contribution is 2.29. The highest BCUT2D eigenvalue weighted by molar-refractivity contribution is 5.94. The molecule has 0 radical (unpaired) electrons. The fourth-order valence-electron chi connectivity index (χ4n) is 3.39. The molecule has 2 aromatic carbocycles. The molecule has 0 unspecified atom stereocenters. The second-order valence-corrected chi connectivity index (χ2v) is 7.40. The van der Waals surface area contributed by atoms with E-state index in [1.807, 2.05) is 6.92 Å². The smallest absolute Gasteiger partial charge is 0.416 e. The van der Waals surface area contributed by atoms with E-state index in [0.717, 1.165) is 30.0 Å². The summed E-state index contributed by atoms with van der Waals surface area (Å²) in [6.45, 7) is 3.30. The first kappa shape index (κ1) is 23.4. The Morgan fingerprint density at radius 3 is 2.06 bits per heavy atom. The summed E-state index contributed by atoms with van der Waals surface area (Å²) in [6, 6.07) is 11.0. The number of likely N-dealkylation sites (tertiary alicyclic amines) is 1. The molecule has 2 amide bonds. The van der Waals surface area contributed by atoms with Crippen LogP contribution < -0.4 is 14.8 Å². The number of piperidine rings is 1. The zero-order valence-electron chi connectivity index (χ0n) is 17.7. The van der Waals surface area contributed by atoms with Crippen LogP contribution in [0, 0.1) is 0 Å². The molecule has 3 rings (SSSR count). The Balaban J connectivity index is 1.42. The first-order valence-corrected chi connectivity index (χ1v) is 10.4. The third-order valence-corrected chi connectivity index (χ3v) is 5.15. The number of alkyl halides is 3. The quantitative estimate of drug-likeness (QED) is 0.695. The Hall–Kier alpha value is -3.23. The largest absolute Gasteiger partial charge is 0.494 e. The number of carbonyl (C=O) groups excluding carboxylic acids is 2. The number of nitrogens with one attached hydrogen (secondary N) is 1. The Kier molecular flexibility index (Phi) is 7.61. The minimum Gasteiger partial charge on any atom is -0.494 e. The molecule has 1 N–H and O–H groups in total. The van der Waals surface area contributed by atoms with Crippen LogP contribution in [0.1, 0.15) is 35.7 Å². The minimum absolute atomic E-state index is 0.0867. The van der Waals surface area contributed by atoms with E-state index in [4.69, 9.17) is 9.47 Å². The van der Waals surface area contributed by atoms with Crippen LogP contribution in [0.25, 0.3) is 0 Å². The fourth-order valence-corrected chi connectivity index (χ4v) is 3.39. The Bertz CT molecular complexity index is 906. The van der Waals surface area contributed by atoms with Gasteiger partial charge < -0.3 is 19.7 Å². The number of benzene rings is 2. The predicted octanol–water partition coefficient (Wildman–Crippen LogP) is 3.90. The summed E-state index contributed by atoms with van der Waals surface area (Å²) in [6.07, 6.45) is -3.33. The Labute approximate surface area is 184 Å². The van der Waals surface area contributed by atoms with E-state index >= 15 is 0 Å². The van der Waals surface area contributed by atoms with Crippen LogP contribution in [-0.2, 0) is 11.0 Å². The molecule has 0 atom stereocenters. The molecule has 1 heterocycles. The molecule has 32 heavy (non-hydrogen) atoms. The van der Waals surface area contributed by atoms with Crippen molar-refractivity contribution < 1.29 is 32.2 Å². The first-order valence-electron chi connectivity index (χ1n) is 10.4. The van der Waals surface area contributed by atoms with Crippen LogP contribution in [0.15, 0.2) is 48.5 Å². The summed E-state index contributed by atoms with van der Waals surface area (Å²) in [7, 11) is 0. The van der Waals surface area contributed by atoms with E-state index in [0.29, 0.717) is 38.3 Å². The lowest BCUT2D eigenvalue weighted by Crippen LogP contribution is -2.47. The molecule has 0 bridgehead atoms. The van der Waals surface area contributed by atoms with Gasteiger partial charge in [-0.15, -0.1) is 0 Å². The number of amides is 2. The molecule has 0 spiro atoms. The molecule has 1 aliphatic rings. The standard InChI is InChI=1S/C23H25F3N2O4/c1-2-31-19-7-9-20(10-8-19)32-15-21(29)28-13-11-18(12-14-28)27-22(30)16-3-5-17(6-4-16)23(24,25)26/h3-10,18H,2,11-15H2,1H3,(H,27,30). The molecule has 1 fully saturated rings. The van der Waals surface area contributed by atoms with Crippen LogP contribution in [0.2, 0.25) is 0 Å². The van der Waals surface area contributed by atoms with Crippen LogP contribution in [-0.4, -0.2) is 49.1 Å². The van der Waals surface area contributed by atoms with Gasteiger partial charge >= 0.3 is 6.18 Å². The molecule has 1 saturated heterocycles. The van der Waals surface area contributed by atoms with Gasteiger partial charge in [-0.25, -0.2) is 0 Å². The van der Waals surface area contributed by atoms with Crippen LogP contribution in [0.5, 0.6) is 11.5 Å². The maximum Gasteiger partial charge on any atom is 0.416 e. The van der Waals surface area contributed by atoms with Crippen molar-refractivity contribution in [2.75, 3.05) is 26.3 Å². The van der Waals surface area contributed by atoms with E-state index in [-0.39, 0.29) is 24.1 Å². The average Bonchev–Trinajstić information content (AvgIpc) is 2.78. The number of hydrogen-bond acceptors (Lipinski definition) is 4. The van der Waals surface area contributed by atoms with Crippen molar-refractivity contribution in [3.05, 3.63) is 59.7 Å². The fraction of sp³-hybridized carbons (Fsp3) is 0.391. The maximum absolute atomic E-state index is 12.6. The molecular weight excluding hydrogens is 425 g/mol. The molecule has 0 aliphatic carbocycles. The minimum atomic E-state index is -4.44. The van der Waals surface area contributed by atoms with Crippen molar-refractivity contribution in [3.63, 3.8) is 0 Å². The SMILES string of the molecule is CCOc1ccc(OCC(=O)N2CCC(NC(=O)c3ccc(C(F)(F)F)cc3)CC2)cc1. The van der Waals surface area contributed by atoms with Crippen molar-refractivity contribution in [2.24, 2.45) is 0 Å². The van der Waals surface area contributed by atoms with Gasteiger partial charge in [-0.3, -0.25) is 9.59 Å². The second kappa shape index (κ2) is 10.4. The highest BCUT2D eigenvalue weighted by Gasteiger charge is 2.30. The van der Waals surface area contributed by atoms with Crippen molar-refractivity contribution in [3.8, 4) is 11.5 Å². The van der Waals surface area contributed by atoms with Gasteiger partial charge in [0, 0.05) is 24.7 Å². The van der Waals surface area contributed by atoms with Gasteiger partial charge in [-0.2, -0.15) is 13.2 Å². The van der Waals surface area contributed by atoms with Crippen molar-refractivity contribution in [1.82, 2.24) is 10.2 Å². The molecule has 6 nitrogen and oxygen atoms in total. The number of rotatable bonds is 7. The number of ether oxygens (including phenoxy) is 2. The topological polar surface area (TPSA) is 67.9 Å². The van der Waals surface area contributed by atoms with Gasteiger partial charge in [0.1, 0.15) is 11.5 Å². The summed E-state index contributed by atoms with van der Waals surface area (Å²) in [4.78, 5) is 26.4. The van der Waals surface area contributed by atoms with Gasteiger partial charge in [0.15, 0.2) is 6.61 Å². The first-order chi connectivity index (χ1) is 15.3. The van der Waals surface area contributed by atoms with Crippen molar-refractivity contribution in [1.29, 1.82) is 0 Å². The van der Waals surface area contributed by atoms with E-state index in [1.54, 1.807) is 29.2 Å². The third kappa shape index (κ3) is 6.38. The zero-order valence-corrected chi connectivity index (χ0v) is 17.7. The summed E-state index contributed by atoms with van der Waals surface area (Å²) in [5.74, 6) is 0.723. The molecular formula is C23H25F3N2O4. The molecule has 2 aromatic rings. The number of hydrogen-bond donors (Lipinski definition) is 1. The van der Waals surface area contributed by atoms with E-state index < -0.39 is 17.6 Å². The number of carbonyl (C=O) groups is 2.